The van der Waals surface area contributed by atoms with Crippen molar-refractivity contribution in [2.45, 2.75) is 71.1 Å². The van der Waals surface area contributed by atoms with Crippen molar-refractivity contribution in [3.63, 3.8) is 0 Å². The van der Waals surface area contributed by atoms with Crippen molar-refractivity contribution >= 4 is 35.2 Å². The number of carbonyl (C=O) groups excluding carboxylic acids is 4. The Morgan fingerprint density at radius 3 is 2.44 bits per heavy atom. The van der Waals surface area contributed by atoms with Gasteiger partial charge in [0.1, 0.15) is 28.5 Å². The van der Waals surface area contributed by atoms with E-state index in [0.717, 1.165) is 5.56 Å². The normalized spacial score (nSPS) is 20.8. The van der Waals surface area contributed by atoms with Crippen LogP contribution in [-0.4, -0.2) is 60.0 Å². The Bertz CT molecular complexity index is 1740. The van der Waals surface area contributed by atoms with Crippen molar-refractivity contribution in [1.29, 1.82) is 0 Å². The van der Waals surface area contributed by atoms with Crippen molar-refractivity contribution < 1.29 is 33.0 Å². The van der Waals surface area contributed by atoms with Crippen LogP contribution in [0.25, 0.3) is 0 Å². The summed E-state index contributed by atoms with van der Waals surface area (Å²) in [6, 6.07) is 16.1. The topological polar surface area (TPSA) is 143 Å². The summed E-state index contributed by atoms with van der Waals surface area (Å²) in [5.74, 6) is -0.837. The molecule has 11 nitrogen and oxygen atoms in total. The van der Waals surface area contributed by atoms with Crippen LogP contribution in [0.5, 0.6) is 11.5 Å². The van der Waals surface area contributed by atoms with E-state index in [-0.39, 0.29) is 36.5 Å². The minimum atomic E-state index is -1.31. The summed E-state index contributed by atoms with van der Waals surface area (Å²) in [5.41, 5.74) is 5.47. The molecule has 3 aromatic rings. The van der Waals surface area contributed by atoms with Gasteiger partial charge in [0.05, 0.1) is 11.4 Å². The second-order valence-electron chi connectivity index (χ2n) is 13.3. The number of ether oxygens (including phenoxy) is 2. The number of hydrogen-bond donors (Lipinski definition) is 3. The molecule has 0 radical (unpaired) electrons. The van der Waals surface area contributed by atoms with Crippen LogP contribution in [-0.2, 0) is 19.9 Å². The first-order valence-electron chi connectivity index (χ1n) is 16.0. The zero-order valence-electron chi connectivity index (χ0n) is 28.1. The molecule has 0 spiro atoms. The maximum absolute atomic E-state index is 15.3. The first kappa shape index (κ1) is 34.4. The van der Waals surface area contributed by atoms with Gasteiger partial charge in [0.15, 0.2) is 0 Å². The molecule has 0 aromatic heterocycles. The molecule has 3 atom stereocenters. The van der Waals surface area contributed by atoms with Crippen LogP contribution in [0, 0.1) is 5.82 Å². The monoisotopic (exact) mass is 659 g/mol. The fourth-order valence-electron chi connectivity index (χ4n) is 6.54. The van der Waals surface area contributed by atoms with Crippen LogP contribution in [0.1, 0.15) is 75.4 Å². The average Bonchev–Trinajstić information content (AvgIpc) is 3.27. The Morgan fingerprint density at radius 1 is 1.12 bits per heavy atom. The van der Waals surface area contributed by atoms with Gasteiger partial charge in [-0.1, -0.05) is 18.2 Å². The number of nitrogens with one attached hydrogen (secondary N) is 2. The molecule has 4 N–H and O–H groups in total. The highest BCUT2D eigenvalue weighted by Crippen LogP contribution is 2.48. The van der Waals surface area contributed by atoms with Crippen molar-refractivity contribution in [2.75, 3.05) is 29.9 Å². The molecule has 0 aliphatic carbocycles. The zero-order valence-corrected chi connectivity index (χ0v) is 28.1. The largest absolute Gasteiger partial charge is 0.457 e. The first-order chi connectivity index (χ1) is 22.6. The maximum atomic E-state index is 15.3. The number of halogens is 1. The number of nitrogens with two attached hydrogens (primary N) is 1. The van der Waals surface area contributed by atoms with Crippen molar-refractivity contribution in [2.24, 2.45) is 5.73 Å². The number of nitrogens with zero attached hydrogens (tertiary/aromatic N) is 2. The smallest absolute Gasteiger partial charge is 0.414 e. The van der Waals surface area contributed by atoms with Crippen LogP contribution in [0.4, 0.5) is 20.6 Å². The minimum absolute atomic E-state index is 0.185. The number of hydrogen-bond acceptors (Lipinski definition) is 7. The second-order valence-corrected chi connectivity index (χ2v) is 13.3. The Balaban J connectivity index is 1.47. The summed E-state index contributed by atoms with van der Waals surface area (Å²) < 4.78 is 27.2. The van der Waals surface area contributed by atoms with Gasteiger partial charge in [-0.05, 0) is 83.5 Å². The van der Waals surface area contributed by atoms with Gasteiger partial charge < -0.3 is 25.8 Å². The summed E-state index contributed by atoms with van der Waals surface area (Å²) in [6.45, 7) is 11.0. The molecule has 48 heavy (non-hydrogen) atoms. The second kappa shape index (κ2) is 13.3. The summed E-state index contributed by atoms with van der Waals surface area (Å²) in [5, 5.41) is 6.00. The molecular weight excluding hydrogens is 617 g/mol. The molecule has 1 saturated heterocycles. The number of para-hydroxylation sites is 1. The molecule has 1 unspecified atom stereocenters. The number of fused-ring (bicyclic) bond motifs is 1. The highest BCUT2D eigenvalue weighted by molar-refractivity contribution is 6.10. The summed E-state index contributed by atoms with van der Waals surface area (Å²) in [7, 11) is 0. The van der Waals surface area contributed by atoms with Gasteiger partial charge in [-0.25, -0.2) is 9.18 Å². The highest BCUT2D eigenvalue weighted by Gasteiger charge is 2.51. The van der Waals surface area contributed by atoms with E-state index in [2.05, 4.69) is 10.6 Å². The summed E-state index contributed by atoms with van der Waals surface area (Å²) in [4.78, 5) is 54.3. The van der Waals surface area contributed by atoms with E-state index in [4.69, 9.17) is 15.2 Å². The molecule has 2 heterocycles. The molecular formula is C36H42FN5O6. The van der Waals surface area contributed by atoms with E-state index >= 15 is 4.39 Å². The third-order valence-corrected chi connectivity index (χ3v) is 8.83. The summed E-state index contributed by atoms with van der Waals surface area (Å²) >= 11 is 0. The predicted molar refractivity (Wildman–Crippen MR) is 180 cm³/mol. The summed E-state index contributed by atoms with van der Waals surface area (Å²) in [6.07, 6.45) is -0.123. The zero-order chi connectivity index (χ0) is 35.0. The van der Waals surface area contributed by atoms with E-state index in [9.17, 15) is 19.2 Å². The maximum Gasteiger partial charge on any atom is 0.414 e. The molecule has 2 aliphatic rings. The first-order valence-corrected chi connectivity index (χ1v) is 16.0. The molecule has 254 valence electrons. The van der Waals surface area contributed by atoms with Crippen LogP contribution in [0.3, 0.4) is 0 Å². The lowest BCUT2D eigenvalue weighted by Crippen LogP contribution is -2.59. The number of amides is 4. The lowest BCUT2D eigenvalue weighted by atomic mass is 9.81. The molecule has 3 aromatic carbocycles. The third kappa shape index (κ3) is 6.84. The SMILES string of the molecule is CCN(C(=O)OC(C)(C)C)c1cc(F)cc2c1NC(=O)C2(C)N1CC[C@H](c2ccccc2Oc2ccc(C(N)=O)cc2)[C@@H](NC(C)=O)C1. The van der Waals surface area contributed by atoms with E-state index in [1.807, 2.05) is 29.2 Å². The van der Waals surface area contributed by atoms with Crippen LogP contribution in [0.15, 0.2) is 60.7 Å². The molecule has 1 fully saturated rings. The number of primary amides is 1. The van der Waals surface area contributed by atoms with E-state index in [1.165, 1.54) is 24.0 Å². The van der Waals surface area contributed by atoms with E-state index < -0.39 is 35.0 Å². The Labute approximate surface area is 279 Å². The van der Waals surface area contributed by atoms with Crippen LogP contribution >= 0.6 is 0 Å². The quantitative estimate of drug-likeness (QED) is 0.284. The fraction of sp³-hybridized carbons (Fsp3) is 0.389. The fourth-order valence-corrected chi connectivity index (χ4v) is 6.54. The van der Waals surface area contributed by atoms with Crippen molar-refractivity contribution in [1.82, 2.24) is 10.2 Å². The standard InChI is InChI=1S/C36H42FN5O6/c1-7-42(34(46)48-35(3,4)5)29-19-23(37)18-27-31(29)40-33(45)36(27,6)41-17-16-25(28(20-41)39-21(2)43)26-10-8-9-11-30(26)47-24-14-12-22(13-15-24)32(38)44/h8-15,18-19,25,28H,7,16-17,20H2,1-6H3,(H2,38,44)(H,39,43)(H,40,45)/t25-,28+,36?/m1/s1. The Hall–Kier alpha value is -4.97. The number of carbonyl (C=O) groups is 4. The number of benzene rings is 3. The molecule has 0 bridgehead atoms. The Kier molecular flexibility index (Phi) is 9.50. The van der Waals surface area contributed by atoms with E-state index in [0.29, 0.717) is 41.3 Å². The van der Waals surface area contributed by atoms with E-state index in [1.54, 1.807) is 58.9 Å². The highest BCUT2D eigenvalue weighted by atomic mass is 19.1. The minimum Gasteiger partial charge on any atom is -0.457 e. The molecule has 4 amide bonds. The van der Waals surface area contributed by atoms with Gasteiger partial charge >= 0.3 is 6.09 Å². The van der Waals surface area contributed by atoms with Gasteiger partial charge in [0.2, 0.25) is 17.7 Å². The van der Waals surface area contributed by atoms with Gasteiger partial charge in [-0.3, -0.25) is 24.2 Å². The van der Waals surface area contributed by atoms with Crippen molar-refractivity contribution in [3.05, 3.63) is 83.2 Å². The van der Waals surface area contributed by atoms with Gasteiger partial charge in [-0.2, -0.15) is 0 Å². The number of anilines is 2. The Morgan fingerprint density at radius 2 is 1.81 bits per heavy atom. The van der Waals surface area contributed by atoms with Gasteiger partial charge in [0, 0.05) is 55.2 Å². The lowest BCUT2D eigenvalue weighted by molar-refractivity contribution is -0.128. The lowest BCUT2D eigenvalue weighted by Gasteiger charge is -2.45. The van der Waals surface area contributed by atoms with Gasteiger partial charge in [-0.15, -0.1) is 0 Å². The van der Waals surface area contributed by atoms with Gasteiger partial charge in [0.25, 0.3) is 0 Å². The predicted octanol–water partition coefficient (Wildman–Crippen LogP) is 5.64. The number of rotatable bonds is 8. The number of piperidine rings is 1. The average molecular weight is 660 g/mol. The van der Waals surface area contributed by atoms with Crippen LogP contribution < -0.4 is 26.0 Å². The molecule has 2 aliphatic heterocycles. The molecule has 12 heteroatoms. The van der Waals surface area contributed by atoms with Crippen LogP contribution in [0.2, 0.25) is 0 Å². The number of likely N-dealkylation sites (tertiary alicyclic amines) is 1. The van der Waals surface area contributed by atoms with Crippen molar-refractivity contribution in [3.8, 4) is 11.5 Å². The molecule has 0 saturated carbocycles. The third-order valence-electron chi connectivity index (χ3n) is 8.83. The molecule has 5 rings (SSSR count).